The lowest BCUT2D eigenvalue weighted by Crippen LogP contribution is -2.15. The third kappa shape index (κ3) is 6.31. The van der Waals surface area contributed by atoms with Crippen molar-refractivity contribution in [2.75, 3.05) is 6.61 Å². The number of carbonyl (C=O) groups is 2. The molecule has 0 heterocycles. The molecular weight excluding hydrogens is 148 g/mol. The Bertz CT molecular complexity index is 194. The summed E-state index contributed by atoms with van der Waals surface area (Å²) in [5.41, 5.74) is 4.76. The first-order chi connectivity index (χ1) is 5.16. The number of hydrogen-bond donors (Lipinski definition) is 1. The van der Waals surface area contributed by atoms with Crippen LogP contribution in [0.3, 0.4) is 0 Å². The number of rotatable bonds is 4. The maximum Gasteiger partial charge on any atom is 0.320 e. The molecule has 0 aliphatic heterocycles. The predicted molar refractivity (Wildman–Crippen MR) is 35.0 cm³/mol. The molecule has 0 aromatic heterocycles. The van der Waals surface area contributed by atoms with Crippen molar-refractivity contribution in [1.82, 2.24) is 0 Å². The molecule has 11 heavy (non-hydrogen) atoms. The number of hydrogen-bond acceptors (Lipinski definition) is 4. The van der Waals surface area contributed by atoms with Gasteiger partial charge in [0.15, 0.2) is 0 Å². The van der Waals surface area contributed by atoms with Gasteiger partial charge >= 0.3 is 5.97 Å². The molecule has 0 aliphatic rings. The minimum atomic E-state index is -0.631. The van der Waals surface area contributed by atoms with Crippen LogP contribution in [-0.4, -0.2) is 18.5 Å². The minimum absolute atomic E-state index is 0.00281. The summed E-state index contributed by atoms with van der Waals surface area (Å²) in [5.74, 6) is -1.16. The Kier molecular flexibility index (Phi) is 4.49. The van der Waals surface area contributed by atoms with E-state index < -0.39 is 11.9 Å². The Morgan fingerprint density at radius 3 is 2.64 bits per heavy atom. The standard InChI is InChI=1S/C6H8N2O3/c7-3-1-6(10)11-4-2-5(8)9/h1-2,4H2,(H2,8,9). The molecule has 0 fully saturated rings. The highest BCUT2D eigenvalue weighted by molar-refractivity contribution is 5.75. The zero-order chi connectivity index (χ0) is 8.69. The maximum atomic E-state index is 10.4. The quantitative estimate of drug-likeness (QED) is 0.545. The van der Waals surface area contributed by atoms with Gasteiger partial charge in [0.2, 0.25) is 5.91 Å². The van der Waals surface area contributed by atoms with E-state index in [1.165, 1.54) is 0 Å². The summed E-state index contributed by atoms with van der Waals surface area (Å²) in [6.45, 7) is -0.0458. The summed E-state index contributed by atoms with van der Waals surface area (Å²) in [6.07, 6.45) is -0.296. The van der Waals surface area contributed by atoms with Crippen LogP contribution in [-0.2, 0) is 14.3 Å². The fraction of sp³-hybridized carbons (Fsp3) is 0.500. The van der Waals surface area contributed by atoms with Crippen LogP contribution in [0.25, 0.3) is 0 Å². The summed E-state index contributed by atoms with van der Waals surface area (Å²) in [5, 5.41) is 8.00. The van der Waals surface area contributed by atoms with Crippen LogP contribution in [0.1, 0.15) is 12.8 Å². The van der Waals surface area contributed by atoms with E-state index in [2.05, 4.69) is 4.74 Å². The Morgan fingerprint density at radius 2 is 2.18 bits per heavy atom. The van der Waals surface area contributed by atoms with Crippen molar-refractivity contribution in [3.63, 3.8) is 0 Å². The number of amides is 1. The third-order valence-electron chi connectivity index (χ3n) is 0.835. The highest BCUT2D eigenvalue weighted by Gasteiger charge is 2.01. The molecule has 0 unspecified atom stereocenters. The van der Waals surface area contributed by atoms with Gasteiger partial charge in [0.05, 0.1) is 12.5 Å². The highest BCUT2D eigenvalue weighted by atomic mass is 16.5. The molecule has 60 valence electrons. The van der Waals surface area contributed by atoms with Gasteiger partial charge in [-0.1, -0.05) is 0 Å². The number of nitriles is 1. The van der Waals surface area contributed by atoms with E-state index in [-0.39, 0.29) is 19.4 Å². The van der Waals surface area contributed by atoms with Crippen molar-refractivity contribution in [3.8, 4) is 6.07 Å². The second-order valence-corrected chi connectivity index (χ2v) is 1.77. The summed E-state index contributed by atoms with van der Waals surface area (Å²) in [4.78, 5) is 20.5. The molecule has 0 bridgehead atoms. The lowest BCUT2D eigenvalue weighted by atomic mass is 10.4. The Labute approximate surface area is 63.7 Å². The van der Waals surface area contributed by atoms with Crippen molar-refractivity contribution in [3.05, 3.63) is 0 Å². The Morgan fingerprint density at radius 1 is 1.55 bits per heavy atom. The second kappa shape index (κ2) is 5.23. The summed E-state index contributed by atoms with van der Waals surface area (Å²) in [7, 11) is 0. The van der Waals surface area contributed by atoms with Gasteiger partial charge in [0, 0.05) is 0 Å². The van der Waals surface area contributed by atoms with Gasteiger partial charge < -0.3 is 10.5 Å². The lowest BCUT2D eigenvalue weighted by molar-refractivity contribution is -0.143. The van der Waals surface area contributed by atoms with Gasteiger partial charge in [-0.15, -0.1) is 0 Å². The number of ether oxygens (including phenoxy) is 1. The Balaban J connectivity index is 3.33. The second-order valence-electron chi connectivity index (χ2n) is 1.77. The average Bonchev–Trinajstić information content (AvgIpc) is 1.87. The molecule has 1 amide bonds. The fourth-order valence-electron chi connectivity index (χ4n) is 0.381. The van der Waals surface area contributed by atoms with E-state index >= 15 is 0 Å². The molecule has 0 saturated heterocycles. The van der Waals surface area contributed by atoms with Crippen molar-refractivity contribution in [2.24, 2.45) is 5.73 Å². The predicted octanol–water partition coefficient (Wildman–Crippen LogP) is -0.681. The van der Waals surface area contributed by atoms with Gasteiger partial charge in [0.25, 0.3) is 0 Å². The molecule has 0 spiro atoms. The molecule has 0 radical (unpaired) electrons. The molecule has 2 N–H and O–H groups in total. The van der Waals surface area contributed by atoms with Gasteiger partial charge in [-0.25, -0.2) is 0 Å². The van der Waals surface area contributed by atoms with Gasteiger partial charge in [-0.2, -0.15) is 5.26 Å². The van der Waals surface area contributed by atoms with E-state index in [1.54, 1.807) is 6.07 Å². The minimum Gasteiger partial charge on any atom is -0.464 e. The van der Waals surface area contributed by atoms with Crippen molar-refractivity contribution in [1.29, 1.82) is 5.26 Å². The van der Waals surface area contributed by atoms with Crippen molar-refractivity contribution < 1.29 is 14.3 Å². The monoisotopic (exact) mass is 156 g/mol. The smallest absolute Gasteiger partial charge is 0.320 e. The van der Waals surface area contributed by atoms with E-state index in [0.717, 1.165) is 0 Å². The number of primary amides is 1. The average molecular weight is 156 g/mol. The lowest BCUT2D eigenvalue weighted by Gasteiger charge is -1.97. The fourth-order valence-corrected chi connectivity index (χ4v) is 0.381. The molecule has 5 nitrogen and oxygen atoms in total. The largest absolute Gasteiger partial charge is 0.464 e. The normalized spacial score (nSPS) is 8.27. The van der Waals surface area contributed by atoms with E-state index in [9.17, 15) is 9.59 Å². The van der Waals surface area contributed by atoms with Crippen LogP contribution in [0.15, 0.2) is 0 Å². The zero-order valence-electron chi connectivity index (χ0n) is 5.87. The first-order valence-electron chi connectivity index (χ1n) is 2.97. The van der Waals surface area contributed by atoms with Gasteiger partial charge in [0.1, 0.15) is 13.0 Å². The summed E-state index contributed by atoms with van der Waals surface area (Å²) >= 11 is 0. The molecule has 0 atom stereocenters. The van der Waals surface area contributed by atoms with Crippen LogP contribution in [0.2, 0.25) is 0 Å². The molecule has 0 aromatic rings. The third-order valence-corrected chi connectivity index (χ3v) is 0.835. The van der Waals surface area contributed by atoms with Crippen molar-refractivity contribution in [2.45, 2.75) is 12.8 Å². The maximum absolute atomic E-state index is 10.4. The number of carbonyl (C=O) groups excluding carboxylic acids is 2. The SMILES string of the molecule is N#CCC(=O)OCCC(N)=O. The van der Waals surface area contributed by atoms with Crippen LogP contribution in [0.5, 0.6) is 0 Å². The van der Waals surface area contributed by atoms with Gasteiger partial charge in [-0.3, -0.25) is 9.59 Å². The van der Waals surface area contributed by atoms with Gasteiger partial charge in [-0.05, 0) is 0 Å². The summed E-state index contributed by atoms with van der Waals surface area (Å²) < 4.78 is 4.43. The first kappa shape index (κ1) is 9.43. The molecule has 5 heteroatoms. The van der Waals surface area contributed by atoms with E-state index in [0.29, 0.717) is 0 Å². The van der Waals surface area contributed by atoms with Crippen molar-refractivity contribution >= 4 is 11.9 Å². The first-order valence-corrected chi connectivity index (χ1v) is 2.97. The van der Waals surface area contributed by atoms with E-state index in [1.807, 2.05) is 0 Å². The van der Waals surface area contributed by atoms with Crippen LogP contribution < -0.4 is 5.73 Å². The van der Waals surface area contributed by atoms with Crippen LogP contribution in [0, 0.1) is 11.3 Å². The van der Waals surface area contributed by atoms with Crippen LogP contribution >= 0.6 is 0 Å². The summed E-state index contributed by atoms with van der Waals surface area (Å²) in [6, 6.07) is 1.61. The molecule has 0 saturated carbocycles. The zero-order valence-corrected chi connectivity index (χ0v) is 5.87. The molecule has 0 aliphatic carbocycles. The molecule has 0 aromatic carbocycles. The van der Waals surface area contributed by atoms with Crippen LogP contribution in [0.4, 0.5) is 0 Å². The van der Waals surface area contributed by atoms with E-state index in [4.69, 9.17) is 11.0 Å². The Hall–Kier alpha value is -1.57. The number of esters is 1. The highest BCUT2D eigenvalue weighted by Crippen LogP contribution is 1.86. The molecular formula is C6H8N2O3. The topological polar surface area (TPSA) is 93.2 Å². The molecule has 0 rings (SSSR count). The number of nitrogens with zero attached hydrogens (tertiary/aromatic N) is 1. The number of nitrogens with two attached hydrogens (primary N) is 1.